The monoisotopic (exact) mass is 418 g/mol. The predicted molar refractivity (Wildman–Crippen MR) is 110 cm³/mol. The molecule has 2 amide bonds. The maximum absolute atomic E-state index is 12.1. The second-order valence-corrected chi connectivity index (χ2v) is 6.84. The number of nitrogens with zero attached hydrogens (tertiary/aromatic N) is 1. The van der Waals surface area contributed by atoms with Gasteiger partial charge in [0, 0.05) is 12.6 Å². The van der Waals surface area contributed by atoms with Crippen LogP contribution in [0.3, 0.4) is 0 Å². The van der Waals surface area contributed by atoms with E-state index in [-0.39, 0.29) is 13.0 Å². The largest absolute Gasteiger partial charge is 0.496 e. The molecule has 2 aromatic carbocycles. The van der Waals surface area contributed by atoms with Gasteiger partial charge in [0.15, 0.2) is 6.61 Å². The van der Waals surface area contributed by atoms with Crippen LogP contribution in [-0.4, -0.2) is 50.0 Å². The Morgan fingerprint density at radius 1 is 1.14 bits per heavy atom. The van der Waals surface area contributed by atoms with E-state index in [2.05, 4.69) is 5.32 Å². The quantitative estimate of drug-likeness (QED) is 0.666. The number of rotatable bonds is 8. The van der Waals surface area contributed by atoms with E-state index < -0.39 is 24.4 Å². The number of hydrogen-bond acceptors (Lipinski definition) is 5. The van der Waals surface area contributed by atoms with Gasteiger partial charge in [-0.25, -0.2) is 0 Å². The lowest BCUT2D eigenvalue weighted by molar-refractivity contribution is -0.151. The summed E-state index contributed by atoms with van der Waals surface area (Å²) in [5.74, 6) is -0.892. The SMILES string of the molecule is COc1ccc(C)cc1CC(=O)OCC(=O)N(C)CC(=O)Nc1ccccc1Cl. The van der Waals surface area contributed by atoms with Gasteiger partial charge < -0.3 is 19.7 Å². The minimum atomic E-state index is -0.559. The van der Waals surface area contributed by atoms with Crippen LogP contribution in [0.25, 0.3) is 0 Å². The molecule has 7 nitrogen and oxygen atoms in total. The Hall–Kier alpha value is -3.06. The van der Waals surface area contributed by atoms with Gasteiger partial charge in [-0.3, -0.25) is 14.4 Å². The van der Waals surface area contributed by atoms with E-state index in [1.54, 1.807) is 30.3 Å². The minimum absolute atomic E-state index is 0.0190. The minimum Gasteiger partial charge on any atom is -0.496 e. The number of halogens is 1. The Balaban J connectivity index is 1.82. The van der Waals surface area contributed by atoms with Crippen molar-refractivity contribution in [1.29, 1.82) is 0 Å². The molecule has 0 saturated heterocycles. The number of methoxy groups -OCH3 is 1. The maximum atomic E-state index is 12.1. The van der Waals surface area contributed by atoms with Crippen molar-refractivity contribution >= 4 is 35.1 Å². The second kappa shape index (κ2) is 10.5. The molecular formula is C21H23ClN2O5. The first kappa shape index (κ1) is 22.2. The normalized spacial score (nSPS) is 10.2. The van der Waals surface area contributed by atoms with Gasteiger partial charge in [0.25, 0.3) is 5.91 Å². The third-order valence-electron chi connectivity index (χ3n) is 4.08. The van der Waals surface area contributed by atoms with Crippen molar-refractivity contribution in [3.8, 4) is 5.75 Å². The van der Waals surface area contributed by atoms with Gasteiger partial charge in [0.05, 0.1) is 30.8 Å². The topological polar surface area (TPSA) is 84.9 Å². The molecule has 1 N–H and O–H groups in total. The standard InChI is InChI=1S/C21H23ClN2O5/c1-14-8-9-18(28-3)15(10-14)11-21(27)29-13-20(26)24(2)12-19(25)23-17-7-5-4-6-16(17)22/h4-10H,11-13H2,1-3H3,(H,23,25). The molecule has 0 heterocycles. The average molecular weight is 419 g/mol. The Morgan fingerprint density at radius 3 is 2.55 bits per heavy atom. The molecule has 0 radical (unpaired) electrons. The van der Waals surface area contributed by atoms with Crippen molar-refractivity contribution in [3.63, 3.8) is 0 Å². The molecule has 0 aromatic heterocycles. The molecule has 0 unspecified atom stereocenters. The van der Waals surface area contributed by atoms with Crippen molar-refractivity contribution in [2.45, 2.75) is 13.3 Å². The summed E-state index contributed by atoms with van der Waals surface area (Å²) >= 11 is 5.99. The summed E-state index contributed by atoms with van der Waals surface area (Å²) in [5, 5.41) is 3.02. The highest BCUT2D eigenvalue weighted by Crippen LogP contribution is 2.21. The highest BCUT2D eigenvalue weighted by molar-refractivity contribution is 6.33. The Labute approximate surface area is 174 Å². The molecule has 2 aromatic rings. The lowest BCUT2D eigenvalue weighted by Crippen LogP contribution is -2.37. The fraction of sp³-hybridized carbons (Fsp3) is 0.286. The first-order valence-corrected chi connectivity index (χ1v) is 9.25. The number of para-hydroxylation sites is 1. The van der Waals surface area contributed by atoms with Gasteiger partial charge in [-0.15, -0.1) is 0 Å². The van der Waals surface area contributed by atoms with Crippen LogP contribution in [0, 0.1) is 6.92 Å². The van der Waals surface area contributed by atoms with Gasteiger partial charge in [-0.1, -0.05) is 41.4 Å². The van der Waals surface area contributed by atoms with Gasteiger partial charge in [0.2, 0.25) is 5.91 Å². The zero-order valence-electron chi connectivity index (χ0n) is 16.5. The number of nitrogens with one attached hydrogen (secondary N) is 1. The molecule has 154 valence electrons. The van der Waals surface area contributed by atoms with Crippen molar-refractivity contribution in [2.75, 3.05) is 32.6 Å². The number of carbonyl (C=O) groups excluding carboxylic acids is 3. The molecule has 29 heavy (non-hydrogen) atoms. The number of amides is 2. The summed E-state index contributed by atoms with van der Waals surface area (Å²) in [5.41, 5.74) is 2.12. The van der Waals surface area contributed by atoms with Gasteiger partial charge in [-0.2, -0.15) is 0 Å². The van der Waals surface area contributed by atoms with Crippen molar-refractivity contribution in [2.24, 2.45) is 0 Å². The van der Waals surface area contributed by atoms with Crippen molar-refractivity contribution < 1.29 is 23.9 Å². The highest BCUT2D eigenvalue weighted by Gasteiger charge is 2.17. The highest BCUT2D eigenvalue weighted by atomic mass is 35.5. The molecule has 0 saturated carbocycles. The summed E-state index contributed by atoms with van der Waals surface area (Å²) in [4.78, 5) is 37.5. The van der Waals surface area contributed by atoms with Crippen LogP contribution >= 0.6 is 11.6 Å². The third-order valence-corrected chi connectivity index (χ3v) is 4.41. The van der Waals surface area contributed by atoms with Crippen LogP contribution in [0.2, 0.25) is 5.02 Å². The lowest BCUT2D eigenvalue weighted by atomic mass is 10.1. The molecule has 0 atom stereocenters. The molecule has 0 spiro atoms. The first-order valence-electron chi connectivity index (χ1n) is 8.87. The average Bonchev–Trinajstić information content (AvgIpc) is 2.68. The van der Waals surface area contributed by atoms with Crippen LogP contribution in [0.5, 0.6) is 5.75 Å². The summed E-state index contributed by atoms with van der Waals surface area (Å²) in [7, 11) is 2.97. The number of aryl methyl sites for hydroxylation is 1. The Kier molecular flexibility index (Phi) is 8.03. The molecule has 0 aliphatic carbocycles. The van der Waals surface area contributed by atoms with Crippen molar-refractivity contribution in [3.05, 3.63) is 58.6 Å². The molecule has 0 bridgehead atoms. The fourth-order valence-corrected chi connectivity index (χ4v) is 2.74. The zero-order valence-corrected chi connectivity index (χ0v) is 17.3. The van der Waals surface area contributed by atoms with Crippen LogP contribution in [0.4, 0.5) is 5.69 Å². The Morgan fingerprint density at radius 2 is 1.86 bits per heavy atom. The summed E-state index contributed by atoms with van der Waals surface area (Å²) in [6.07, 6.45) is -0.0190. The van der Waals surface area contributed by atoms with E-state index in [9.17, 15) is 14.4 Å². The molecule has 0 aliphatic heterocycles. The third kappa shape index (κ3) is 6.80. The van der Waals surface area contributed by atoms with Crippen LogP contribution < -0.4 is 10.1 Å². The predicted octanol–water partition coefficient (Wildman–Crippen LogP) is 2.84. The number of benzene rings is 2. The molecule has 0 fully saturated rings. The summed E-state index contributed by atoms with van der Waals surface area (Å²) in [6.45, 7) is 1.25. The zero-order chi connectivity index (χ0) is 21.4. The number of anilines is 1. The van der Waals surface area contributed by atoms with Gasteiger partial charge in [-0.05, 0) is 25.1 Å². The number of hydrogen-bond donors (Lipinski definition) is 1. The van der Waals surface area contributed by atoms with E-state index >= 15 is 0 Å². The lowest BCUT2D eigenvalue weighted by Gasteiger charge is -2.17. The van der Waals surface area contributed by atoms with Gasteiger partial charge in [0.1, 0.15) is 5.75 Å². The number of esters is 1. The molecule has 2 rings (SSSR count). The smallest absolute Gasteiger partial charge is 0.310 e. The van der Waals surface area contributed by atoms with E-state index in [1.807, 2.05) is 19.1 Å². The van der Waals surface area contributed by atoms with Crippen LogP contribution in [0.15, 0.2) is 42.5 Å². The number of likely N-dealkylation sites (N-methyl/N-ethyl adjacent to an activating group) is 1. The van der Waals surface area contributed by atoms with Crippen LogP contribution in [-0.2, 0) is 25.5 Å². The first-order chi connectivity index (χ1) is 13.8. The summed E-state index contributed by atoms with van der Waals surface area (Å²) < 4.78 is 10.3. The van der Waals surface area contributed by atoms with E-state index in [1.165, 1.54) is 19.1 Å². The number of carbonyl (C=O) groups is 3. The Bertz CT molecular complexity index is 900. The maximum Gasteiger partial charge on any atom is 0.310 e. The van der Waals surface area contributed by atoms with Crippen molar-refractivity contribution in [1.82, 2.24) is 4.90 Å². The summed E-state index contributed by atoms with van der Waals surface area (Å²) in [6, 6.07) is 12.3. The van der Waals surface area contributed by atoms with E-state index in [0.717, 1.165) is 5.56 Å². The fourth-order valence-electron chi connectivity index (χ4n) is 2.56. The van der Waals surface area contributed by atoms with Crippen LogP contribution in [0.1, 0.15) is 11.1 Å². The second-order valence-electron chi connectivity index (χ2n) is 6.43. The number of ether oxygens (including phenoxy) is 2. The molecular weight excluding hydrogens is 396 g/mol. The molecule has 0 aliphatic rings. The molecule has 8 heteroatoms. The van der Waals surface area contributed by atoms with E-state index in [4.69, 9.17) is 21.1 Å². The van der Waals surface area contributed by atoms with Gasteiger partial charge >= 0.3 is 5.97 Å². The van der Waals surface area contributed by atoms with E-state index in [0.29, 0.717) is 22.0 Å².